The van der Waals surface area contributed by atoms with Gasteiger partial charge in [-0.3, -0.25) is 14.2 Å². The first-order valence-corrected chi connectivity index (χ1v) is 12.3. The van der Waals surface area contributed by atoms with E-state index in [0.29, 0.717) is 38.0 Å². The van der Waals surface area contributed by atoms with Gasteiger partial charge in [0.25, 0.3) is 11.1 Å². The van der Waals surface area contributed by atoms with Crippen LogP contribution in [-0.2, 0) is 0 Å². The molecule has 9 heteroatoms. The summed E-state index contributed by atoms with van der Waals surface area (Å²) in [4.78, 5) is 40.4. The molecule has 166 valence electrons. The molecule has 1 atom stereocenters. The van der Waals surface area contributed by atoms with Crippen molar-refractivity contribution in [2.45, 2.75) is 31.2 Å². The van der Waals surface area contributed by atoms with E-state index in [1.807, 2.05) is 45.0 Å². The highest BCUT2D eigenvalue weighted by molar-refractivity contribution is 7.99. The number of nitrogens with one attached hydrogen (secondary N) is 1. The number of para-hydroxylation sites is 1. The molecule has 33 heavy (non-hydrogen) atoms. The summed E-state index contributed by atoms with van der Waals surface area (Å²) < 4.78 is 1.56. The second-order valence-corrected chi connectivity index (χ2v) is 10.7. The van der Waals surface area contributed by atoms with Crippen molar-refractivity contribution in [1.29, 1.82) is 0 Å². The van der Waals surface area contributed by atoms with E-state index in [9.17, 15) is 9.59 Å². The molecular formula is C24H19ClN4O2S2. The van der Waals surface area contributed by atoms with Crippen LogP contribution in [0, 0.1) is 13.8 Å². The third kappa shape index (κ3) is 3.88. The van der Waals surface area contributed by atoms with Gasteiger partial charge in [0.1, 0.15) is 10.7 Å². The minimum Gasteiger partial charge on any atom is -0.309 e. The Morgan fingerprint density at radius 3 is 2.67 bits per heavy atom. The zero-order valence-electron chi connectivity index (χ0n) is 18.0. The predicted octanol–water partition coefficient (Wildman–Crippen LogP) is 5.81. The molecule has 1 unspecified atom stereocenters. The van der Waals surface area contributed by atoms with Crippen molar-refractivity contribution in [2.75, 3.05) is 0 Å². The van der Waals surface area contributed by atoms with E-state index in [0.717, 1.165) is 15.3 Å². The number of benzene rings is 2. The lowest BCUT2D eigenvalue weighted by atomic mass is 10.2. The quantitative estimate of drug-likeness (QED) is 0.252. The van der Waals surface area contributed by atoms with Gasteiger partial charge in [-0.2, -0.15) is 0 Å². The van der Waals surface area contributed by atoms with Crippen molar-refractivity contribution in [3.05, 3.63) is 90.5 Å². The summed E-state index contributed by atoms with van der Waals surface area (Å²) in [6, 6.07) is 14.4. The second-order valence-electron chi connectivity index (χ2n) is 7.71. The van der Waals surface area contributed by atoms with Crippen LogP contribution < -0.4 is 11.1 Å². The number of aromatic nitrogens is 4. The Morgan fingerprint density at radius 1 is 1.09 bits per heavy atom. The van der Waals surface area contributed by atoms with Crippen LogP contribution in [0.25, 0.3) is 26.8 Å². The van der Waals surface area contributed by atoms with Crippen LogP contribution in [0.15, 0.2) is 63.3 Å². The summed E-state index contributed by atoms with van der Waals surface area (Å²) in [6.45, 7) is 5.86. The van der Waals surface area contributed by atoms with Crippen molar-refractivity contribution in [1.82, 2.24) is 19.5 Å². The number of aryl methyl sites for hydroxylation is 2. The SMILES string of the molecule is Cc1sc2nc(C(C)Sc3nc4ccccc4c(=O)n3-c3cccc(Cl)c3)[nH]c(=O)c2c1C. The van der Waals surface area contributed by atoms with Crippen LogP contribution >= 0.6 is 34.7 Å². The Labute approximate surface area is 202 Å². The minimum absolute atomic E-state index is 0.150. The van der Waals surface area contributed by atoms with Gasteiger partial charge in [-0.15, -0.1) is 11.3 Å². The van der Waals surface area contributed by atoms with Crippen LogP contribution in [0.4, 0.5) is 0 Å². The zero-order valence-corrected chi connectivity index (χ0v) is 20.4. The number of thioether (sulfide) groups is 1. The number of rotatable bonds is 4. The molecule has 0 saturated heterocycles. The lowest BCUT2D eigenvalue weighted by Gasteiger charge is -2.16. The van der Waals surface area contributed by atoms with Gasteiger partial charge in [0.2, 0.25) is 0 Å². The molecule has 0 spiro atoms. The molecule has 5 aromatic rings. The first-order valence-electron chi connectivity index (χ1n) is 10.3. The molecule has 0 radical (unpaired) electrons. The molecule has 3 heterocycles. The number of nitrogens with zero attached hydrogens (tertiary/aromatic N) is 3. The van der Waals surface area contributed by atoms with E-state index < -0.39 is 0 Å². The van der Waals surface area contributed by atoms with Crippen molar-refractivity contribution >= 4 is 55.8 Å². The number of halogens is 1. The zero-order chi connectivity index (χ0) is 23.3. The highest BCUT2D eigenvalue weighted by Crippen LogP contribution is 2.35. The van der Waals surface area contributed by atoms with Gasteiger partial charge in [0, 0.05) is 9.90 Å². The number of hydrogen-bond acceptors (Lipinski definition) is 6. The maximum Gasteiger partial charge on any atom is 0.266 e. The van der Waals surface area contributed by atoms with Crippen LogP contribution in [0.3, 0.4) is 0 Å². The van der Waals surface area contributed by atoms with Gasteiger partial charge in [0.15, 0.2) is 5.16 Å². The third-order valence-corrected chi connectivity index (χ3v) is 7.93. The normalized spacial score (nSPS) is 12.5. The van der Waals surface area contributed by atoms with E-state index >= 15 is 0 Å². The van der Waals surface area contributed by atoms with Crippen LogP contribution in [0.5, 0.6) is 0 Å². The smallest absolute Gasteiger partial charge is 0.266 e. The molecule has 0 bridgehead atoms. The Kier molecular flexibility index (Phi) is 5.60. The molecule has 0 amide bonds. The molecule has 3 aromatic heterocycles. The summed E-state index contributed by atoms with van der Waals surface area (Å²) in [7, 11) is 0. The highest BCUT2D eigenvalue weighted by Gasteiger charge is 2.20. The van der Waals surface area contributed by atoms with Gasteiger partial charge >= 0.3 is 0 Å². The summed E-state index contributed by atoms with van der Waals surface area (Å²) in [6.07, 6.45) is 0. The lowest BCUT2D eigenvalue weighted by molar-refractivity contribution is 0.810. The average molecular weight is 495 g/mol. The first-order chi connectivity index (χ1) is 15.8. The Balaban J connectivity index is 1.66. The molecule has 1 N–H and O–H groups in total. The molecule has 0 aliphatic rings. The Morgan fingerprint density at radius 2 is 1.88 bits per heavy atom. The summed E-state index contributed by atoms with van der Waals surface area (Å²) in [5.41, 5.74) is 1.86. The van der Waals surface area contributed by atoms with Crippen LogP contribution in [0.1, 0.15) is 28.4 Å². The molecule has 2 aromatic carbocycles. The van der Waals surface area contributed by atoms with E-state index in [1.165, 1.54) is 23.1 Å². The number of H-pyrrole nitrogens is 1. The lowest BCUT2D eigenvalue weighted by Crippen LogP contribution is -2.22. The molecule has 0 aliphatic heterocycles. The largest absolute Gasteiger partial charge is 0.309 e. The highest BCUT2D eigenvalue weighted by atomic mass is 35.5. The van der Waals surface area contributed by atoms with E-state index in [-0.39, 0.29) is 16.4 Å². The fourth-order valence-electron chi connectivity index (χ4n) is 3.71. The number of thiophene rings is 1. The third-order valence-electron chi connectivity index (χ3n) is 5.54. The number of aromatic amines is 1. The minimum atomic E-state index is -0.261. The van der Waals surface area contributed by atoms with Gasteiger partial charge < -0.3 is 4.98 Å². The van der Waals surface area contributed by atoms with E-state index in [2.05, 4.69) is 4.98 Å². The molecule has 0 aliphatic carbocycles. The molecule has 0 saturated carbocycles. The predicted molar refractivity (Wildman–Crippen MR) is 136 cm³/mol. The standard InChI is InChI=1S/C24H19ClN4O2S2/c1-12-13(2)32-22-19(12)21(30)27-20(28-22)14(3)33-24-26-18-10-5-4-9-17(18)23(31)29(24)16-8-6-7-15(25)11-16/h4-11,14H,1-3H3,(H,27,28,30). The Hall–Kier alpha value is -2.94. The number of fused-ring (bicyclic) bond motifs is 2. The second kappa shape index (κ2) is 8.44. The topological polar surface area (TPSA) is 80.6 Å². The molecule has 0 fully saturated rings. The van der Waals surface area contributed by atoms with Crippen molar-refractivity contribution in [3.8, 4) is 5.69 Å². The Bertz CT molecular complexity index is 1650. The monoisotopic (exact) mass is 494 g/mol. The van der Waals surface area contributed by atoms with Crippen LogP contribution in [-0.4, -0.2) is 19.5 Å². The van der Waals surface area contributed by atoms with Crippen molar-refractivity contribution < 1.29 is 0 Å². The maximum atomic E-state index is 13.4. The van der Waals surface area contributed by atoms with Gasteiger partial charge in [-0.05, 0) is 56.7 Å². The van der Waals surface area contributed by atoms with Crippen LogP contribution in [0.2, 0.25) is 5.02 Å². The molecule has 6 nitrogen and oxygen atoms in total. The van der Waals surface area contributed by atoms with Gasteiger partial charge in [0.05, 0.1) is 27.2 Å². The van der Waals surface area contributed by atoms with E-state index in [4.69, 9.17) is 21.6 Å². The van der Waals surface area contributed by atoms with E-state index in [1.54, 1.807) is 28.8 Å². The summed E-state index contributed by atoms with van der Waals surface area (Å²) in [5.74, 6) is 0.541. The summed E-state index contributed by atoms with van der Waals surface area (Å²) >= 11 is 9.09. The summed E-state index contributed by atoms with van der Waals surface area (Å²) in [5, 5.41) is 1.92. The maximum absolute atomic E-state index is 13.4. The van der Waals surface area contributed by atoms with Gasteiger partial charge in [-0.1, -0.05) is 41.6 Å². The molecular weight excluding hydrogens is 476 g/mol. The van der Waals surface area contributed by atoms with Crippen molar-refractivity contribution in [3.63, 3.8) is 0 Å². The fourth-order valence-corrected chi connectivity index (χ4v) is 5.92. The molecule has 5 rings (SSSR count). The fraction of sp³-hybridized carbons (Fsp3) is 0.167. The average Bonchev–Trinajstić information content (AvgIpc) is 3.07. The van der Waals surface area contributed by atoms with Gasteiger partial charge in [-0.25, -0.2) is 9.97 Å². The van der Waals surface area contributed by atoms with Crippen molar-refractivity contribution in [2.24, 2.45) is 0 Å². The number of hydrogen-bond donors (Lipinski definition) is 1. The first kappa shape index (κ1) is 21.9.